The Kier molecular flexibility index (Phi) is 5.68. The van der Waals surface area contributed by atoms with E-state index in [-0.39, 0.29) is 5.82 Å². The second kappa shape index (κ2) is 7.50. The van der Waals surface area contributed by atoms with Crippen LogP contribution in [0.25, 0.3) is 0 Å². The Balaban J connectivity index is 1.95. The van der Waals surface area contributed by atoms with Gasteiger partial charge in [-0.3, -0.25) is 4.98 Å². The van der Waals surface area contributed by atoms with Gasteiger partial charge in [-0.05, 0) is 67.8 Å². The van der Waals surface area contributed by atoms with Crippen LogP contribution in [0, 0.1) is 5.82 Å². The summed E-state index contributed by atoms with van der Waals surface area (Å²) < 4.78 is 14.2. The zero-order valence-electron chi connectivity index (χ0n) is 11.4. The molecule has 0 amide bonds. The molecule has 1 N–H and O–H groups in total. The van der Waals surface area contributed by atoms with Crippen molar-refractivity contribution in [1.29, 1.82) is 0 Å². The third-order valence-electron chi connectivity index (χ3n) is 3.34. The summed E-state index contributed by atoms with van der Waals surface area (Å²) in [5, 5.41) is 3.31. The van der Waals surface area contributed by atoms with Crippen LogP contribution in [-0.2, 0) is 12.8 Å². The van der Waals surface area contributed by atoms with Crippen LogP contribution in [0.1, 0.15) is 17.5 Å². The molecular weight excluding hydrogens is 319 g/mol. The summed E-state index contributed by atoms with van der Waals surface area (Å²) in [5.74, 6) is -0.196. The van der Waals surface area contributed by atoms with Crippen molar-refractivity contribution in [2.45, 2.75) is 25.3 Å². The summed E-state index contributed by atoms with van der Waals surface area (Å²) in [4.78, 5) is 4.02. The van der Waals surface area contributed by atoms with Crippen LogP contribution >= 0.6 is 15.9 Å². The third kappa shape index (κ3) is 4.69. The first-order valence-corrected chi connectivity index (χ1v) is 7.48. The number of nitrogens with zero attached hydrogens (tertiary/aromatic N) is 1. The Morgan fingerprint density at radius 1 is 1.20 bits per heavy atom. The lowest BCUT2D eigenvalue weighted by atomic mass is 9.99. The van der Waals surface area contributed by atoms with E-state index in [0.717, 1.165) is 29.3 Å². The smallest absolute Gasteiger partial charge is 0.124 e. The number of aryl methyl sites for hydroxylation is 1. The van der Waals surface area contributed by atoms with Crippen LogP contribution in [0.2, 0.25) is 0 Å². The lowest BCUT2D eigenvalue weighted by molar-refractivity contribution is 0.518. The van der Waals surface area contributed by atoms with Gasteiger partial charge in [-0.1, -0.05) is 15.9 Å². The van der Waals surface area contributed by atoms with Crippen molar-refractivity contribution in [2.75, 3.05) is 7.05 Å². The number of benzene rings is 1. The topological polar surface area (TPSA) is 24.9 Å². The summed E-state index contributed by atoms with van der Waals surface area (Å²) in [6.07, 6.45) is 6.44. The highest BCUT2D eigenvalue weighted by Crippen LogP contribution is 2.17. The van der Waals surface area contributed by atoms with Crippen LogP contribution in [0.15, 0.2) is 47.2 Å². The van der Waals surface area contributed by atoms with Crippen LogP contribution < -0.4 is 5.32 Å². The minimum Gasteiger partial charge on any atom is -0.317 e. The highest BCUT2D eigenvalue weighted by molar-refractivity contribution is 9.10. The maximum atomic E-state index is 13.4. The summed E-state index contributed by atoms with van der Waals surface area (Å²) in [6, 6.07) is 9.45. The van der Waals surface area contributed by atoms with Crippen LogP contribution in [0.4, 0.5) is 4.39 Å². The van der Waals surface area contributed by atoms with Gasteiger partial charge in [0.15, 0.2) is 0 Å². The average Bonchev–Trinajstić information content (AvgIpc) is 2.43. The molecule has 106 valence electrons. The summed E-state index contributed by atoms with van der Waals surface area (Å²) in [6.45, 7) is 0. The van der Waals surface area contributed by atoms with Crippen molar-refractivity contribution >= 4 is 15.9 Å². The first kappa shape index (κ1) is 15.1. The Hall–Kier alpha value is -1.26. The first-order chi connectivity index (χ1) is 9.67. The molecule has 1 unspecified atom stereocenters. The van der Waals surface area contributed by atoms with Gasteiger partial charge in [0.25, 0.3) is 0 Å². The van der Waals surface area contributed by atoms with Gasteiger partial charge in [0.2, 0.25) is 0 Å². The minimum absolute atomic E-state index is 0.196. The lowest BCUT2D eigenvalue weighted by Crippen LogP contribution is -2.28. The maximum absolute atomic E-state index is 13.4. The molecule has 0 fully saturated rings. The fourth-order valence-electron chi connectivity index (χ4n) is 2.25. The second-order valence-corrected chi connectivity index (χ2v) is 5.78. The molecule has 1 atom stereocenters. The van der Waals surface area contributed by atoms with Crippen molar-refractivity contribution in [3.8, 4) is 0 Å². The molecule has 2 aromatic rings. The second-order valence-electron chi connectivity index (χ2n) is 4.86. The highest BCUT2D eigenvalue weighted by Gasteiger charge is 2.09. The minimum atomic E-state index is -0.196. The molecule has 4 heteroatoms. The van der Waals surface area contributed by atoms with E-state index in [1.807, 2.05) is 37.6 Å². The van der Waals surface area contributed by atoms with Crippen LogP contribution in [0.3, 0.4) is 0 Å². The van der Waals surface area contributed by atoms with Crippen LogP contribution in [-0.4, -0.2) is 18.1 Å². The van der Waals surface area contributed by atoms with Gasteiger partial charge in [0, 0.05) is 22.9 Å². The number of halogens is 2. The molecule has 2 rings (SSSR count). The van der Waals surface area contributed by atoms with Crippen LogP contribution in [0.5, 0.6) is 0 Å². The number of likely N-dealkylation sites (N-methyl/N-ethyl adjacent to an activating group) is 1. The van der Waals surface area contributed by atoms with Crippen molar-refractivity contribution < 1.29 is 4.39 Å². The molecule has 0 bridgehead atoms. The summed E-state index contributed by atoms with van der Waals surface area (Å²) >= 11 is 3.33. The molecule has 0 radical (unpaired) electrons. The normalized spacial score (nSPS) is 12.3. The van der Waals surface area contributed by atoms with E-state index in [0.29, 0.717) is 6.04 Å². The van der Waals surface area contributed by atoms with E-state index in [1.54, 1.807) is 6.07 Å². The number of pyridine rings is 1. The standard InChI is InChI=1S/C16H18BrFN2/c1-19-16(3-2-12-4-6-20-7-5-12)10-13-8-14(17)11-15(18)9-13/h4-9,11,16,19H,2-3,10H2,1H3. The van der Waals surface area contributed by atoms with Gasteiger partial charge in [0.05, 0.1) is 0 Å². The molecule has 0 saturated carbocycles. The van der Waals surface area contributed by atoms with Gasteiger partial charge in [0.1, 0.15) is 5.82 Å². The predicted molar refractivity (Wildman–Crippen MR) is 83.2 cm³/mol. The lowest BCUT2D eigenvalue weighted by Gasteiger charge is -2.16. The van der Waals surface area contributed by atoms with E-state index >= 15 is 0 Å². The largest absolute Gasteiger partial charge is 0.317 e. The Morgan fingerprint density at radius 2 is 1.95 bits per heavy atom. The van der Waals surface area contributed by atoms with E-state index in [1.165, 1.54) is 11.6 Å². The molecule has 0 spiro atoms. The number of aromatic nitrogens is 1. The average molecular weight is 337 g/mol. The monoisotopic (exact) mass is 336 g/mol. The van der Waals surface area contributed by atoms with E-state index in [4.69, 9.17) is 0 Å². The van der Waals surface area contributed by atoms with Gasteiger partial charge in [-0.15, -0.1) is 0 Å². The van der Waals surface area contributed by atoms with Gasteiger partial charge >= 0.3 is 0 Å². The van der Waals surface area contributed by atoms with Gasteiger partial charge in [-0.25, -0.2) is 4.39 Å². The summed E-state index contributed by atoms with van der Waals surface area (Å²) in [7, 11) is 1.95. The van der Waals surface area contributed by atoms with Gasteiger partial charge < -0.3 is 5.32 Å². The molecule has 0 saturated heterocycles. The molecule has 1 aromatic carbocycles. The SMILES string of the molecule is CNC(CCc1ccncc1)Cc1cc(F)cc(Br)c1. The first-order valence-electron chi connectivity index (χ1n) is 6.68. The molecule has 1 aromatic heterocycles. The zero-order chi connectivity index (χ0) is 14.4. The third-order valence-corrected chi connectivity index (χ3v) is 3.80. The molecular formula is C16H18BrFN2. The van der Waals surface area contributed by atoms with E-state index < -0.39 is 0 Å². The highest BCUT2D eigenvalue weighted by atomic mass is 79.9. The fourth-order valence-corrected chi connectivity index (χ4v) is 2.76. The maximum Gasteiger partial charge on any atom is 0.124 e. The number of nitrogens with one attached hydrogen (secondary N) is 1. The molecule has 2 nitrogen and oxygen atoms in total. The van der Waals surface area contributed by atoms with Crippen molar-refractivity contribution in [3.63, 3.8) is 0 Å². The summed E-state index contributed by atoms with van der Waals surface area (Å²) in [5.41, 5.74) is 2.28. The quantitative estimate of drug-likeness (QED) is 0.868. The van der Waals surface area contributed by atoms with Crippen molar-refractivity contribution in [3.05, 3.63) is 64.1 Å². The fraction of sp³-hybridized carbons (Fsp3) is 0.312. The Morgan fingerprint density at radius 3 is 2.60 bits per heavy atom. The molecule has 1 heterocycles. The predicted octanol–water partition coefficient (Wildman–Crippen LogP) is 3.75. The number of hydrogen-bond acceptors (Lipinski definition) is 2. The molecule has 0 aliphatic heterocycles. The van der Waals surface area contributed by atoms with Crippen molar-refractivity contribution in [2.24, 2.45) is 0 Å². The number of rotatable bonds is 6. The van der Waals surface area contributed by atoms with E-state index in [9.17, 15) is 4.39 Å². The molecule has 0 aliphatic carbocycles. The molecule has 20 heavy (non-hydrogen) atoms. The zero-order valence-corrected chi connectivity index (χ0v) is 13.0. The van der Waals surface area contributed by atoms with E-state index in [2.05, 4.69) is 26.2 Å². The van der Waals surface area contributed by atoms with Gasteiger partial charge in [-0.2, -0.15) is 0 Å². The molecule has 0 aliphatic rings. The Bertz CT molecular complexity index is 525. The van der Waals surface area contributed by atoms with Crippen molar-refractivity contribution in [1.82, 2.24) is 10.3 Å². The number of hydrogen-bond donors (Lipinski definition) is 1. The Labute approximate surface area is 127 Å².